The number of Topliss-reactive ketones (excluding diaryl/α,β-unsaturated/α-hetero) is 2. The number of hydrogen-bond donors (Lipinski definition) is 1. The van der Waals surface area contributed by atoms with Gasteiger partial charge in [-0.3, -0.25) is 19.4 Å². The maximum atomic E-state index is 12.9. The second-order valence-electron chi connectivity index (χ2n) is 7.87. The van der Waals surface area contributed by atoms with Gasteiger partial charge in [0.15, 0.2) is 11.6 Å². The van der Waals surface area contributed by atoms with E-state index in [2.05, 4.69) is 25.3 Å². The third-order valence-corrected chi connectivity index (χ3v) is 6.54. The van der Waals surface area contributed by atoms with E-state index in [4.69, 9.17) is 0 Å². The molecule has 0 saturated heterocycles. The van der Waals surface area contributed by atoms with Crippen LogP contribution in [0.15, 0.2) is 31.0 Å². The van der Waals surface area contributed by atoms with Gasteiger partial charge in [0.1, 0.15) is 17.8 Å². The summed E-state index contributed by atoms with van der Waals surface area (Å²) < 4.78 is 38.6. The predicted molar refractivity (Wildman–Crippen MR) is 116 cm³/mol. The van der Waals surface area contributed by atoms with Gasteiger partial charge in [0.05, 0.1) is 15.4 Å². The Balaban J connectivity index is 1.43. The lowest BCUT2D eigenvalue weighted by Crippen LogP contribution is -2.23. The molecule has 1 atom stereocenters. The van der Waals surface area contributed by atoms with Crippen molar-refractivity contribution in [3.8, 4) is 0 Å². The minimum Gasteiger partial charge on any atom is -0.310 e. The zero-order chi connectivity index (χ0) is 24.5. The molecule has 0 bridgehead atoms. The largest absolute Gasteiger partial charge is 0.417 e. The summed E-state index contributed by atoms with van der Waals surface area (Å²) in [4.78, 5) is 53.2. The topological polar surface area (TPSA) is 115 Å². The fraction of sp³-hybridized carbons (Fsp3) is 0.318. The van der Waals surface area contributed by atoms with E-state index in [-0.39, 0.29) is 58.8 Å². The summed E-state index contributed by atoms with van der Waals surface area (Å²) in [5, 5.41) is 3.18. The van der Waals surface area contributed by atoms with Gasteiger partial charge in [0.2, 0.25) is 5.91 Å². The van der Waals surface area contributed by atoms with Gasteiger partial charge in [-0.15, -0.1) is 11.3 Å². The summed E-state index contributed by atoms with van der Waals surface area (Å²) in [7, 11) is 0. The highest BCUT2D eigenvalue weighted by molar-refractivity contribution is 7.13. The Bertz CT molecular complexity index is 1270. The summed E-state index contributed by atoms with van der Waals surface area (Å²) >= 11 is 1.10. The van der Waals surface area contributed by atoms with E-state index < -0.39 is 11.7 Å². The molecular formula is C22H18F3N5O3S. The number of carbonyl (C=O) groups excluding carboxylic acids is 3. The van der Waals surface area contributed by atoms with Gasteiger partial charge in [0.25, 0.3) is 0 Å². The first kappa shape index (κ1) is 23.6. The van der Waals surface area contributed by atoms with Crippen molar-refractivity contribution in [1.29, 1.82) is 0 Å². The van der Waals surface area contributed by atoms with Crippen molar-refractivity contribution in [2.75, 3.05) is 5.32 Å². The Morgan fingerprint density at radius 3 is 2.68 bits per heavy atom. The lowest BCUT2D eigenvalue weighted by Gasteiger charge is -2.17. The Morgan fingerprint density at radius 2 is 1.91 bits per heavy atom. The molecule has 1 N–H and O–H groups in total. The molecule has 4 rings (SSSR count). The standard InChI is InChI=1S/C22H18F3N5O3S/c1-11(4-16(32)19-14-2-3-18(33)30-20(14)29-10-28-19)21-27-9-17(34-21)15(31)6-12-5-13(8-26-7-12)22(23,24)25/h5,7-11H,2-4,6H2,1H3,(H,28,29,30,33)/t11-/m0/s1. The van der Waals surface area contributed by atoms with E-state index in [1.54, 1.807) is 6.92 Å². The maximum absolute atomic E-state index is 12.9. The molecule has 176 valence electrons. The lowest BCUT2D eigenvalue weighted by atomic mass is 9.97. The quantitative estimate of drug-likeness (QED) is 0.498. The Morgan fingerprint density at radius 1 is 1.12 bits per heavy atom. The highest BCUT2D eigenvalue weighted by atomic mass is 32.1. The average molecular weight is 489 g/mol. The van der Waals surface area contributed by atoms with Crippen molar-refractivity contribution in [1.82, 2.24) is 19.9 Å². The second kappa shape index (κ2) is 9.37. The maximum Gasteiger partial charge on any atom is 0.417 e. The van der Waals surface area contributed by atoms with Gasteiger partial charge in [-0.2, -0.15) is 13.2 Å². The van der Waals surface area contributed by atoms with Crippen LogP contribution < -0.4 is 5.32 Å². The van der Waals surface area contributed by atoms with Crippen molar-refractivity contribution in [3.05, 3.63) is 63.3 Å². The molecule has 0 aromatic carbocycles. The number of nitrogens with zero attached hydrogens (tertiary/aromatic N) is 4. The number of aromatic nitrogens is 4. The molecular weight excluding hydrogens is 471 g/mol. The molecule has 34 heavy (non-hydrogen) atoms. The molecule has 0 unspecified atom stereocenters. The summed E-state index contributed by atoms with van der Waals surface area (Å²) in [6.45, 7) is 1.79. The number of amides is 1. The van der Waals surface area contributed by atoms with Gasteiger partial charge in [-0.25, -0.2) is 15.0 Å². The van der Waals surface area contributed by atoms with E-state index in [1.807, 2.05) is 0 Å². The molecule has 1 aliphatic rings. The lowest BCUT2D eigenvalue weighted by molar-refractivity contribution is -0.137. The Labute approximate surface area is 195 Å². The number of fused-ring (bicyclic) bond motifs is 1. The third-order valence-electron chi connectivity index (χ3n) is 5.27. The molecule has 3 aromatic heterocycles. The number of thiazole rings is 1. The normalized spacial score (nSPS) is 14.3. The zero-order valence-electron chi connectivity index (χ0n) is 17.8. The number of pyridine rings is 1. The molecule has 1 amide bonds. The first-order valence-corrected chi connectivity index (χ1v) is 11.1. The van der Waals surface area contributed by atoms with Crippen LogP contribution in [0.25, 0.3) is 0 Å². The van der Waals surface area contributed by atoms with E-state index in [0.717, 1.165) is 17.4 Å². The summed E-state index contributed by atoms with van der Waals surface area (Å²) in [6, 6.07) is 0.902. The van der Waals surface area contributed by atoms with Gasteiger partial charge >= 0.3 is 6.18 Å². The molecule has 0 fully saturated rings. The van der Waals surface area contributed by atoms with Crippen LogP contribution in [0.3, 0.4) is 0 Å². The first-order valence-electron chi connectivity index (χ1n) is 10.3. The SMILES string of the molecule is C[C@@H](CC(=O)c1ncnc2c1CCC(=O)N2)c1ncc(C(=O)Cc2cncc(C(F)(F)F)c2)s1. The molecule has 0 saturated carbocycles. The summed E-state index contributed by atoms with van der Waals surface area (Å²) in [5.74, 6) is -0.769. The molecule has 1 aliphatic heterocycles. The van der Waals surface area contributed by atoms with E-state index in [0.29, 0.717) is 29.0 Å². The Kier molecular flexibility index (Phi) is 6.51. The number of carbonyl (C=O) groups is 3. The Hall–Kier alpha value is -3.54. The third kappa shape index (κ3) is 5.16. The van der Waals surface area contributed by atoms with Crippen molar-refractivity contribution >= 4 is 34.6 Å². The van der Waals surface area contributed by atoms with Crippen LogP contribution in [0.4, 0.5) is 19.0 Å². The molecule has 12 heteroatoms. The number of rotatable bonds is 7. The van der Waals surface area contributed by atoms with Crippen molar-refractivity contribution in [2.45, 2.75) is 44.7 Å². The smallest absolute Gasteiger partial charge is 0.310 e. The molecule has 0 spiro atoms. The summed E-state index contributed by atoms with van der Waals surface area (Å²) in [5.41, 5.74) is 0.0887. The zero-order valence-corrected chi connectivity index (χ0v) is 18.7. The van der Waals surface area contributed by atoms with E-state index in [1.165, 1.54) is 18.7 Å². The van der Waals surface area contributed by atoms with Crippen molar-refractivity contribution in [3.63, 3.8) is 0 Å². The highest BCUT2D eigenvalue weighted by Gasteiger charge is 2.31. The van der Waals surface area contributed by atoms with Crippen molar-refractivity contribution < 1.29 is 27.6 Å². The van der Waals surface area contributed by atoms with Gasteiger partial charge in [0, 0.05) is 49.3 Å². The number of ketones is 2. The minimum absolute atomic E-state index is 0.0795. The van der Waals surface area contributed by atoms with Gasteiger partial charge < -0.3 is 5.32 Å². The molecule has 4 heterocycles. The minimum atomic E-state index is -4.54. The van der Waals surface area contributed by atoms with Crippen LogP contribution >= 0.6 is 11.3 Å². The van der Waals surface area contributed by atoms with Gasteiger partial charge in [-0.05, 0) is 18.1 Å². The molecule has 8 nitrogen and oxygen atoms in total. The number of alkyl halides is 3. The number of halogens is 3. The molecule has 0 aliphatic carbocycles. The summed E-state index contributed by atoms with van der Waals surface area (Å²) in [6.07, 6.45) is 0.438. The number of hydrogen-bond acceptors (Lipinski definition) is 8. The van der Waals surface area contributed by atoms with Crippen LogP contribution in [0, 0.1) is 0 Å². The van der Waals surface area contributed by atoms with Crippen LogP contribution in [-0.2, 0) is 23.8 Å². The number of anilines is 1. The van der Waals surface area contributed by atoms with Crippen LogP contribution in [0.2, 0.25) is 0 Å². The fourth-order valence-corrected chi connectivity index (χ4v) is 4.46. The predicted octanol–water partition coefficient (Wildman–Crippen LogP) is 4.03. The van der Waals surface area contributed by atoms with E-state index >= 15 is 0 Å². The van der Waals surface area contributed by atoms with Gasteiger partial charge in [-0.1, -0.05) is 6.92 Å². The van der Waals surface area contributed by atoms with Crippen LogP contribution in [0.1, 0.15) is 67.5 Å². The monoisotopic (exact) mass is 489 g/mol. The highest BCUT2D eigenvalue weighted by Crippen LogP contribution is 2.31. The molecule has 3 aromatic rings. The second-order valence-corrected chi connectivity index (χ2v) is 8.93. The first-order chi connectivity index (χ1) is 16.1. The van der Waals surface area contributed by atoms with Crippen LogP contribution in [-0.4, -0.2) is 37.4 Å². The number of nitrogens with one attached hydrogen (secondary N) is 1. The average Bonchev–Trinajstić information content (AvgIpc) is 3.29. The van der Waals surface area contributed by atoms with E-state index in [9.17, 15) is 27.6 Å². The van der Waals surface area contributed by atoms with Crippen LogP contribution in [0.5, 0.6) is 0 Å². The fourth-order valence-electron chi connectivity index (χ4n) is 3.55. The molecule has 0 radical (unpaired) electrons. The van der Waals surface area contributed by atoms with Crippen molar-refractivity contribution in [2.24, 2.45) is 0 Å².